The molecule has 0 aliphatic carbocycles. The zero-order valence-corrected chi connectivity index (χ0v) is 11.0. The fourth-order valence-electron chi connectivity index (χ4n) is 2.20. The van der Waals surface area contributed by atoms with Crippen LogP contribution in [0.5, 0.6) is 0 Å². The molecular weight excluding hydrogens is 216 g/mol. The average Bonchev–Trinajstić information content (AvgIpc) is 2.38. The van der Waals surface area contributed by atoms with E-state index in [-0.39, 0.29) is 11.9 Å². The molecule has 1 heterocycles. The maximum atomic E-state index is 12.0. The number of unbranched alkanes of at least 4 members (excludes halogenated alkanes) is 4. The molecule has 1 rings (SSSR count). The Morgan fingerprint density at radius 1 is 1.35 bits per heavy atom. The summed E-state index contributed by atoms with van der Waals surface area (Å²) in [5.41, 5.74) is 5.65. The van der Waals surface area contributed by atoms with Gasteiger partial charge in [0.05, 0.1) is 19.3 Å². The number of amides is 1. The van der Waals surface area contributed by atoms with Crippen LogP contribution >= 0.6 is 0 Å². The third kappa shape index (κ3) is 5.04. The Hall–Kier alpha value is -0.610. The first-order valence-corrected chi connectivity index (χ1v) is 6.86. The second-order valence-electron chi connectivity index (χ2n) is 4.72. The number of carbonyl (C=O) groups is 1. The number of morpholine rings is 1. The summed E-state index contributed by atoms with van der Waals surface area (Å²) in [7, 11) is 0. The summed E-state index contributed by atoms with van der Waals surface area (Å²) < 4.78 is 5.34. The number of rotatable bonds is 7. The lowest BCUT2D eigenvalue weighted by molar-refractivity contribution is -0.139. The number of ether oxygens (including phenoxy) is 1. The lowest BCUT2D eigenvalue weighted by Crippen LogP contribution is -2.51. The molecule has 1 aliphatic rings. The van der Waals surface area contributed by atoms with E-state index in [1.54, 1.807) is 0 Å². The van der Waals surface area contributed by atoms with Gasteiger partial charge in [-0.1, -0.05) is 32.6 Å². The van der Waals surface area contributed by atoms with Crippen molar-refractivity contribution >= 4 is 5.91 Å². The van der Waals surface area contributed by atoms with Crippen LogP contribution in [0.1, 0.15) is 45.4 Å². The SMILES string of the molecule is CCCCCCCC(=O)N1CCOCC1CN. The van der Waals surface area contributed by atoms with Gasteiger partial charge >= 0.3 is 0 Å². The van der Waals surface area contributed by atoms with E-state index in [0.29, 0.717) is 32.7 Å². The fraction of sp³-hybridized carbons (Fsp3) is 0.923. The van der Waals surface area contributed by atoms with Crippen molar-refractivity contribution in [3.63, 3.8) is 0 Å². The van der Waals surface area contributed by atoms with Gasteiger partial charge in [0.2, 0.25) is 5.91 Å². The second kappa shape index (κ2) is 8.48. The Bertz CT molecular complexity index is 221. The summed E-state index contributed by atoms with van der Waals surface area (Å²) in [4.78, 5) is 13.9. The zero-order chi connectivity index (χ0) is 12.5. The van der Waals surface area contributed by atoms with Gasteiger partial charge in [-0.25, -0.2) is 0 Å². The molecule has 2 N–H and O–H groups in total. The molecule has 100 valence electrons. The Morgan fingerprint density at radius 2 is 2.12 bits per heavy atom. The lowest BCUT2D eigenvalue weighted by Gasteiger charge is -2.35. The van der Waals surface area contributed by atoms with Gasteiger partial charge in [0.25, 0.3) is 0 Å². The molecule has 1 aliphatic heterocycles. The third-order valence-electron chi connectivity index (χ3n) is 3.31. The molecule has 4 nitrogen and oxygen atoms in total. The Morgan fingerprint density at radius 3 is 2.82 bits per heavy atom. The predicted octanol–water partition coefficient (Wildman–Crippen LogP) is 1.53. The fourth-order valence-corrected chi connectivity index (χ4v) is 2.20. The molecule has 0 spiro atoms. The summed E-state index contributed by atoms with van der Waals surface area (Å²) in [6.07, 6.45) is 6.60. The van der Waals surface area contributed by atoms with Crippen molar-refractivity contribution in [2.45, 2.75) is 51.5 Å². The van der Waals surface area contributed by atoms with Gasteiger partial charge in [0, 0.05) is 19.5 Å². The topological polar surface area (TPSA) is 55.6 Å². The van der Waals surface area contributed by atoms with Gasteiger partial charge in [-0.15, -0.1) is 0 Å². The lowest BCUT2D eigenvalue weighted by atomic mass is 10.1. The van der Waals surface area contributed by atoms with E-state index in [1.807, 2.05) is 4.90 Å². The molecule has 4 heteroatoms. The number of carbonyl (C=O) groups excluding carboxylic acids is 1. The minimum Gasteiger partial charge on any atom is -0.377 e. The number of nitrogens with zero attached hydrogens (tertiary/aromatic N) is 1. The number of hydrogen-bond acceptors (Lipinski definition) is 3. The Kier molecular flexibility index (Phi) is 7.21. The quantitative estimate of drug-likeness (QED) is 0.689. The van der Waals surface area contributed by atoms with Crippen molar-refractivity contribution in [1.82, 2.24) is 4.90 Å². The van der Waals surface area contributed by atoms with Crippen LogP contribution in [0, 0.1) is 0 Å². The van der Waals surface area contributed by atoms with Crippen LogP contribution in [0.25, 0.3) is 0 Å². The molecule has 0 bridgehead atoms. The van der Waals surface area contributed by atoms with Gasteiger partial charge < -0.3 is 15.4 Å². The minimum atomic E-state index is 0.0897. The second-order valence-corrected chi connectivity index (χ2v) is 4.72. The molecule has 0 aromatic heterocycles. The van der Waals surface area contributed by atoms with Crippen molar-refractivity contribution in [3.8, 4) is 0 Å². The summed E-state index contributed by atoms with van der Waals surface area (Å²) in [5, 5.41) is 0. The Balaban J connectivity index is 2.20. The smallest absolute Gasteiger partial charge is 0.223 e. The maximum absolute atomic E-state index is 12.0. The van der Waals surface area contributed by atoms with Crippen molar-refractivity contribution in [2.75, 3.05) is 26.3 Å². The minimum absolute atomic E-state index is 0.0897. The van der Waals surface area contributed by atoms with Crippen LogP contribution < -0.4 is 5.73 Å². The normalized spacial score (nSPS) is 20.6. The highest BCUT2D eigenvalue weighted by atomic mass is 16.5. The van der Waals surface area contributed by atoms with E-state index in [0.717, 1.165) is 12.8 Å². The van der Waals surface area contributed by atoms with Crippen LogP contribution in [0.4, 0.5) is 0 Å². The summed E-state index contributed by atoms with van der Waals surface area (Å²) in [6, 6.07) is 0.0897. The first-order valence-electron chi connectivity index (χ1n) is 6.86. The average molecular weight is 242 g/mol. The van der Waals surface area contributed by atoms with Gasteiger partial charge in [-0.2, -0.15) is 0 Å². The monoisotopic (exact) mass is 242 g/mol. The Labute approximate surface area is 104 Å². The van der Waals surface area contributed by atoms with Crippen LogP contribution in [-0.4, -0.2) is 43.2 Å². The molecule has 1 saturated heterocycles. The number of hydrogen-bond donors (Lipinski definition) is 1. The predicted molar refractivity (Wildman–Crippen MR) is 68.8 cm³/mol. The standard InChI is InChI=1S/C13H26N2O2/c1-2-3-4-5-6-7-13(16)15-8-9-17-11-12(15)10-14/h12H,2-11,14H2,1H3. The van der Waals surface area contributed by atoms with Gasteiger partial charge in [0.15, 0.2) is 0 Å². The molecule has 1 amide bonds. The maximum Gasteiger partial charge on any atom is 0.223 e. The summed E-state index contributed by atoms with van der Waals surface area (Å²) in [6.45, 7) is 4.65. The molecule has 1 atom stereocenters. The van der Waals surface area contributed by atoms with Crippen molar-refractivity contribution in [2.24, 2.45) is 5.73 Å². The zero-order valence-electron chi connectivity index (χ0n) is 11.0. The summed E-state index contributed by atoms with van der Waals surface area (Å²) >= 11 is 0. The highest BCUT2D eigenvalue weighted by Crippen LogP contribution is 2.11. The summed E-state index contributed by atoms with van der Waals surface area (Å²) in [5.74, 6) is 0.250. The molecule has 17 heavy (non-hydrogen) atoms. The molecular formula is C13H26N2O2. The number of nitrogens with two attached hydrogens (primary N) is 1. The first-order chi connectivity index (χ1) is 8.29. The van der Waals surface area contributed by atoms with Crippen LogP contribution in [0.2, 0.25) is 0 Å². The van der Waals surface area contributed by atoms with Crippen molar-refractivity contribution < 1.29 is 9.53 Å². The first kappa shape index (κ1) is 14.5. The van der Waals surface area contributed by atoms with Crippen LogP contribution in [-0.2, 0) is 9.53 Å². The van der Waals surface area contributed by atoms with E-state index in [1.165, 1.54) is 19.3 Å². The van der Waals surface area contributed by atoms with Crippen LogP contribution in [0.15, 0.2) is 0 Å². The van der Waals surface area contributed by atoms with Gasteiger partial charge in [-0.05, 0) is 6.42 Å². The van der Waals surface area contributed by atoms with E-state index in [4.69, 9.17) is 10.5 Å². The van der Waals surface area contributed by atoms with Crippen molar-refractivity contribution in [1.29, 1.82) is 0 Å². The molecule has 0 saturated carbocycles. The molecule has 1 unspecified atom stereocenters. The third-order valence-corrected chi connectivity index (χ3v) is 3.31. The molecule has 1 fully saturated rings. The van der Waals surface area contributed by atoms with E-state index in [9.17, 15) is 4.79 Å². The molecule has 0 radical (unpaired) electrons. The highest BCUT2D eigenvalue weighted by molar-refractivity contribution is 5.76. The van der Waals surface area contributed by atoms with Crippen molar-refractivity contribution in [3.05, 3.63) is 0 Å². The van der Waals surface area contributed by atoms with Gasteiger partial charge in [0.1, 0.15) is 0 Å². The van der Waals surface area contributed by atoms with E-state index >= 15 is 0 Å². The molecule has 0 aromatic carbocycles. The van der Waals surface area contributed by atoms with Gasteiger partial charge in [-0.3, -0.25) is 4.79 Å². The highest BCUT2D eigenvalue weighted by Gasteiger charge is 2.25. The largest absolute Gasteiger partial charge is 0.377 e. The van der Waals surface area contributed by atoms with Crippen LogP contribution in [0.3, 0.4) is 0 Å². The molecule has 0 aromatic rings. The van der Waals surface area contributed by atoms with E-state index in [2.05, 4.69) is 6.92 Å². The van der Waals surface area contributed by atoms with E-state index < -0.39 is 0 Å².